The van der Waals surface area contributed by atoms with Crippen molar-refractivity contribution in [3.05, 3.63) is 64.8 Å². The fraction of sp³-hybridized carbons (Fsp3) is 0.333. The van der Waals surface area contributed by atoms with Gasteiger partial charge in [0, 0.05) is 0 Å². The first-order valence-electron chi connectivity index (χ1n) is 7.15. The first-order valence-corrected chi connectivity index (χ1v) is 18.5. The zero-order valence-corrected chi connectivity index (χ0v) is 18.1. The van der Waals surface area contributed by atoms with Crippen LogP contribution in [0, 0.1) is 13.8 Å². The van der Waals surface area contributed by atoms with Crippen LogP contribution in [0.2, 0.25) is 13.0 Å². The number of rotatable bonds is 2. The molecule has 0 amide bonds. The average Bonchev–Trinajstić information content (AvgIpc) is 3.02. The summed E-state index contributed by atoms with van der Waals surface area (Å²) in [6.07, 6.45) is 14.2. The Hall–Kier alpha value is -0.110. The van der Waals surface area contributed by atoms with Gasteiger partial charge in [-0.2, -0.15) is 0 Å². The Morgan fingerprint density at radius 3 is 2.05 bits per heavy atom. The van der Waals surface area contributed by atoms with Crippen LogP contribution in [0.5, 0.6) is 0 Å². The van der Waals surface area contributed by atoms with Crippen LogP contribution < -0.4 is 24.8 Å². The molecule has 0 N–H and O–H groups in total. The number of benzene rings is 1. The normalized spacial score (nSPS) is 19.3. The number of hydrogen-bond donors (Lipinski definition) is 0. The molecule has 1 atom stereocenters. The van der Waals surface area contributed by atoms with E-state index in [4.69, 9.17) is 0 Å². The van der Waals surface area contributed by atoms with E-state index in [2.05, 4.69) is 71.8 Å². The first kappa shape index (κ1) is 18.9. The van der Waals surface area contributed by atoms with Gasteiger partial charge in [0.15, 0.2) is 0 Å². The predicted octanol–water partition coefficient (Wildman–Crippen LogP) is -0.456. The number of halogens is 2. The van der Waals surface area contributed by atoms with Gasteiger partial charge in [0.05, 0.1) is 0 Å². The van der Waals surface area contributed by atoms with Crippen LogP contribution in [0.15, 0.2) is 42.5 Å². The van der Waals surface area contributed by atoms with Crippen molar-refractivity contribution in [3.8, 4) is 0 Å². The summed E-state index contributed by atoms with van der Waals surface area (Å²) < 4.78 is 6.72. The van der Waals surface area contributed by atoms with Crippen molar-refractivity contribution in [2.75, 3.05) is 0 Å². The first-order chi connectivity index (χ1) is 9.01. The van der Waals surface area contributed by atoms with E-state index >= 15 is 0 Å². The third kappa shape index (κ3) is 3.16. The summed E-state index contributed by atoms with van der Waals surface area (Å²) in [5.41, 5.74) is 6.06. The largest absolute Gasteiger partial charge is 1.00 e. The van der Waals surface area contributed by atoms with Gasteiger partial charge in [0.1, 0.15) is 0 Å². The Morgan fingerprint density at radius 2 is 1.43 bits per heavy atom. The number of allylic oxidation sites excluding steroid dienone is 5. The van der Waals surface area contributed by atoms with Crippen molar-refractivity contribution in [1.29, 1.82) is 0 Å². The summed E-state index contributed by atoms with van der Waals surface area (Å²) in [4.78, 5) is 0. The zero-order valence-electron chi connectivity index (χ0n) is 13.0. The molecule has 3 rings (SSSR count). The van der Waals surface area contributed by atoms with Gasteiger partial charge in [-0.05, 0) is 0 Å². The minimum atomic E-state index is -2.38. The second-order valence-corrected chi connectivity index (χ2v) is 24.2. The van der Waals surface area contributed by atoms with Crippen molar-refractivity contribution < 1.29 is 44.8 Å². The van der Waals surface area contributed by atoms with Gasteiger partial charge in [-0.15, -0.1) is 0 Å². The van der Waals surface area contributed by atoms with Crippen molar-refractivity contribution in [2.24, 2.45) is 0 Å². The van der Waals surface area contributed by atoms with Crippen LogP contribution in [0.25, 0.3) is 6.08 Å². The molecule has 3 heteroatoms. The number of aryl methyl sites for hydroxylation is 2. The molecule has 2 aliphatic rings. The molecule has 21 heavy (non-hydrogen) atoms. The molecule has 114 valence electrons. The Labute approximate surface area is 145 Å². The van der Waals surface area contributed by atoms with Crippen LogP contribution in [-0.4, -0.2) is 0 Å². The Kier molecular flexibility index (Phi) is 6.29. The molecular formula is C18H22Cl2Hf-2. The van der Waals surface area contributed by atoms with E-state index in [0.29, 0.717) is 0 Å². The average molecular weight is 488 g/mol. The maximum atomic E-state index is 2.61. The van der Waals surface area contributed by atoms with Crippen molar-refractivity contribution >= 4 is 6.08 Å². The molecule has 1 aromatic rings. The van der Waals surface area contributed by atoms with Crippen LogP contribution in [0.4, 0.5) is 0 Å². The van der Waals surface area contributed by atoms with E-state index in [9.17, 15) is 0 Å². The molecular weight excluding hydrogens is 466 g/mol. The molecule has 0 radical (unpaired) electrons. The molecule has 0 aromatic heterocycles. The van der Waals surface area contributed by atoms with Gasteiger partial charge in [-0.1, -0.05) is 0 Å². The SMILES string of the molecule is Cc1ccc(C)c2c1C=C[CH]2[Hf]([CH3])([CH3])[CH]1C=CC=C1.[Cl-].[Cl-]. The molecule has 1 unspecified atom stereocenters. The second kappa shape index (κ2) is 6.98. The molecule has 0 fully saturated rings. The third-order valence-corrected chi connectivity index (χ3v) is 19.9. The molecule has 2 aliphatic carbocycles. The molecule has 0 saturated heterocycles. The van der Waals surface area contributed by atoms with E-state index in [0.717, 1.165) is 7.35 Å². The Morgan fingerprint density at radius 1 is 0.857 bits per heavy atom. The van der Waals surface area contributed by atoms with Crippen molar-refractivity contribution in [2.45, 2.75) is 30.6 Å². The van der Waals surface area contributed by atoms with Gasteiger partial charge >= 0.3 is 121 Å². The topological polar surface area (TPSA) is 0 Å². The van der Waals surface area contributed by atoms with Crippen LogP contribution in [-0.2, 0) is 20.0 Å². The van der Waals surface area contributed by atoms with E-state index in [1.54, 1.807) is 5.56 Å². The van der Waals surface area contributed by atoms with E-state index in [1.165, 1.54) is 16.7 Å². The maximum absolute atomic E-state index is 2.61. The summed E-state index contributed by atoms with van der Waals surface area (Å²) in [5.74, 6) is 0. The zero-order chi connectivity index (χ0) is 13.6. The van der Waals surface area contributed by atoms with Gasteiger partial charge in [-0.25, -0.2) is 0 Å². The van der Waals surface area contributed by atoms with Crippen LogP contribution in [0.3, 0.4) is 0 Å². The number of hydrogen-bond acceptors (Lipinski definition) is 0. The molecule has 0 heterocycles. The summed E-state index contributed by atoms with van der Waals surface area (Å²) in [6.45, 7) is 4.52. The fourth-order valence-corrected chi connectivity index (χ4v) is 15.6. The summed E-state index contributed by atoms with van der Waals surface area (Å²) in [7, 11) is 0. The molecule has 0 saturated carbocycles. The molecule has 0 bridgehead atoms. The minimum absolute atomic E-state index is 0. The quantitative estimate of drug-likeness (QED) is 0.496. The Balaban J connectivity index is 0.00000110. The van der Waals surface area contributed by atoms with Gasteiger partial charge in [0.2, 0.25) is 0 Å². The molecule has 0 spiro atoms. The maximum Gasteiger partial charge on any atom is -1.00 e. The minimum Gasteiger partial charge on any atom is -1.00 e. The number of fused-ring (bicyclic) bond motifs is 1. The second-order valence-electron chi connectivity index (χ2n) is 6.48. The third-order valence-electron chi connectivity index (χ3n) is 4.90. The van der Waals surface area contributed by atoms with Crippen molar-refractivity contribution in [3.63, 3.8) is 0 Å². The smallest absolute Gasteiger partial charge is 1.00 e. The van der Waals surface area contributed by atoms with E-state index in [-0.39, 0.29) is 24.8 Å². The van der Waals surface area contributed by atoms with Crippen molar-refractivity contribution in [1.82, 2.24) is 0 Å². The fourth-order valence-electron chi connectivity index (χ4n) is 3.53. The predicted molar refractivity (Wildman–Crippen MR) is 81.4 cm³/mol. The van der Waals surface area contributed by atoms with Crippen LogP contribution in [0.1, 0.15) is 25.9 Å². The Bertz CT molecular complexity index is 600. The monoisotopic (exact) mass is 488 g/mol. The van der Waals surface area contributed by atoms with E-state index in [1.807, 2.05) is 0 Å². The van der Waals surface area contributed by atoms with Crippen LogP contribution >= 0.6 is 0 Å². The molecule has 0 aliphatic heterocycles. The standard InChI is InChI=1S/C11H11.C5H5.2CH3.2ClH.Hf/c1-8-6-7-9(2)11-5-3-4-10(8)11;1-2-4-5-3-1;;;;;/h3-7H,1-2H3;1-5H;2*1H3;2*1H;/p-2. The molecule has 0 nitrogen and oxygen atoms in total. The summed E-state index contributed by atoms with van der Waals surface area (Å²) in [5, 5.41) is 0. The van der Waals surface area contributed by atoms with Gasteiger partial charge < -0.3 is 24.8 Å². The molecule has 1 aromatic carbocycles. The summed E-state index contributed by atoms with van der Waals surface area (Å²) in [6, 6.07) is 4.57. The summed E-state index contributed by atoms with van der Waals surface area (Å²) >= 11 is -2.38. The van der Waals surface area contributed by atoms with E-state index < -0.39 is 20.0 Å². The van der Waals surface area contributed by atoms with Gasteiger partial charge in [-0.3, -0.25) is 0 Å². The van der Waals surface area contributed by atoms with Gasteiger partial charge in [0.25, 0.3) is 0 Å².